The van der Waals surface area contributed by atoms with Gasteiger partial charge in [0, 0.05) is 28.5 Å². The second kappa shape index (κ2) is 6.92. The average molecular weight is 390 g/mol. The molecule has 2 aromatic carbocycles. The molecule has 2 N–H and O–H groups in total. The summed E-state index contributed by atoms with van der Waals surface area (Å²) in [6.45, 7) is 2.59. The third kappa shape index (κ3) is 3.51. The van der Waals surface area contributed by atoms with Crippen LogP contribution in [0.3, 0.4) is 0 Å². The molecule has 0 unspecified atom stereocenters. The molecule has 0 fully saturated rings. The zero-order valence-corrected chi connectivity index (χ0v) is 14.6. The number of anilines is 2. The first-order valence-electron chi connectivity index (χ1n) is 7.54. The maximum absolute atomic E-state index is 12.0. The Balaban J connectivity index is 1.76. The molecular weight excluding hydrogens is 374 g/mol. The van der Waals surface area contributed by atoms with E-state index in [4.69, 9.17) is 4.42 Å². The van der Waals surface area contributed by atoms with Gasteiger partial charge in [-0.25, -0.2) is 9.59 Å². The smallest absolute Gasteiger partial charge is 0.408 e. The van der Waals surface area contributed by atoms with Gasteiger partial charge in [-0.05, 0) is 42.8 Å². The van der Waals surface area contributed by atoms with Gasteiger partial charge in [0.1, 0.15) is 0 Å². The lowest BCUT2D eigenvalue weighted by Gasteiger charge is -2.08. The molecule has 3 aromatic rings. The molecule has 0 aliphatic carbocycles. The summed E-state index contributed by atoms with van der Waals surface area (Å²) in [6.07, 6.45) is 0.837. The molecule has 0 spiro atoms. The highest BCUT2D eigenvalue weighted by Crippen LogP contribution is 2.19. The van der Waals surface area contributed by atoms with Crippen LogP contribution in [0.2, 0.25) is 0 Å². The van der Waals surface area contributed by atoms with Crippen molar-refractivity contribution in [3.63, 3.8) is 0 Å². The van der Waals surface area contributed by atoms with E-state index < -0.39 is 0 Å². The molecule has 1 heterocycles. The van der Waals surface area contributed by atoms with Gasteiger partial charge in [0.2, 0.25) is 0 Å². The number of nitrogens with zero attached hydrogens (tertiary/aromatic N) is 1. The molecule has 0 radical (unpaired) electrons. The predicted octanol–water partition coefficient (Wildman–Crippen LogP) is 4.41. The minimum atomic E-state index is -0.386. The summed E-state index contributed by atoms with van der Waals surface area (Å²) in [4.78, 5) is 23.9. The Kier molecular flexibility index (Phi) is 4.71. The molecule has 1 aromatic heterocycles. The van der Waals surface area contributed by atoms with Crippen LogP contribution in [0.25, 0.3) is 11.1 Å². The summed E-state index contributed by atoms with van der Waals surface area (Å²) >= 11 is 3.34. The van der Waals surface area contributed by atoms with Crippen LogP contribution in [0, 0.1) is 0 Å². The second-order valence-corrected chi connectivity index (χ2v) is 6.20. The fourth-order valence-corrected chi connectivity index (χ4v) is 2.67. The Morgan fingerprint density at radius 2 is 1.79 bits per heavy atom. The summed E-state index contributed by atoms with van der Waals surface area (Å²) < 4.78 is 7.76. The molecule has 7 heteroatoms. The van der Waals surface area contributed by atoms with E-state index >= 15 is 0 Å². The number of urea groups is 1. The van der Waals surface area contributed by atoms with E-state index in [9.17, 15) is 9.59 Å². The van der Waals surface area contributed by atoms with Gasteiger partial charge < -0.3 is 15.1 Å². The molecule has 0 atom stereocenters. The number of hydrogen-bond acceptors (Lipinski definition) is 3. The minimum absolute atomic E-state index is 0.369. The van der Waals surface area contributed by atoms with Gasteiger partial charge in [-0.2, -0.15) is 0 Å². The lowest BCUT2D eigenvalue weighted by molar-refractivity contribution is 0.262. The van der Waals surface area contributed by atoms with Gasteiger partial charge in [-0.1, -0.05) is 22.9 Å². The molecule has 0 bridgehead atoms. The van der Waals surface area contributed by atoms with Crippen LogP contribution in [-0.2, 0) is 6.54 Å². The molecule has 24 heavy (non-hydrogen) atoms. The molecule has 0 saturated heterocycles. The number of oxazole rings is 1. The number of amides is 2. The van der Waals surface area contributed by atoms with Gasteiger partial charge in [-0.15, -0.1) is 0 Å². The average Bonchev–Trinajstić information content (AvgIpc) is 2.85. The van der Waals surface area contributed by atoms with Gasteiger partial charge in [-0.3, -0.25) is 4.57 Å². The number of aromatic nitrogens is 1. The first kappa shape index (κ1) is 16.3. The number of aryl methyl sites for hydroxylation is 1. The van der Waals surface area contributed by atoms with Crippen molar-refractivity contribution in [1.29, 1.82) is 0 Å². The van der Waals surface area contributed by atoms with Gasteiger partial charge in [0.15, 0.2) is 5.58 Å². The first-order valence-corrected chi connectivity index (χ1v) is 8.33. The molecular formula is C17H16BrN3O3. The first-order chi connectivity index (χ1) is 11.6. The normalized spacial score (nSPS) is 10.8. The van der Waals surface area contributed by atoms with Crippen LogP contribution < -0.4 is 16.4 Å². The second-order valence-electron chi connectivity index (χ2n) is 5.29. The van der Waals surface area contributed by atoms with Crippen LogP contribution in [0.15, 0.2) is 56.1 Å². The number of halogens is 1. The lowest BCUT2D eigenvalue weighted by Crippen LogP contribution is -2.19. The van der Waals surface area contributed by atoms with Gasteiger partial charge >= 0.3 is 11.8 Å². The van der Waals surface area contributed by atoms with Crippen LogP contribution in [-0.4, -0.2) is 10.6 Å². The molecule has 124 valence electrons. The van der Waals surface area contributed by atoms with E-state index in [2.05, 4.69) is 26.6 Å². The lowest BCUT2D eigenvalue weighted by atomic mass is 10.2. The van der Waals surface area contributed by atoms with E-state index in [1.807, 2.05) is 19.1 Å². The Bertz CT molecular complexity index is 928. The molecule has 0 aliphatic rings. The Labute approximate surface area is 146 Å². The number of rotatable bonds is 4. The maximum Gasteiger partial charge on any atom is 0.419 e. The highest BCUT2D eigenvalue weighted by atomic mass is 79.9. The van der Waals surface area contributed by atoms with Crippen molar-refractivity contribution in [2.75, 3.05) is 10.6 Å². The highest BCUT2D eigenvalue weighted by Gasteiger charge is 2.10. The van der Waals surface area contributed by atoms with Crippen molar-refractivity contribution in [2.45, 2.75) is 19.9 Å². The van der Waals surface area contributed by atoms with Crippen molar-refractivity contribution in [3.05, 3.63) is 57.5 Å². The number of fused-ring (bicyclic) bond motifs is 1. The fraction of sp³-hybridized carbons (Fsp3) is 0.176. The van der Waals surface area contributed by atoms with E-state index in [-0.39, 0.29) is 11.8 Å². The van der Waals surface area contributed by atoms with Crippen molar-refractivity contribution in [3.8, 4) is 0 Å². The van der Waals surface area contributed by atoms with E-state index in [0.29, 0.717) is 23.5 Å². The number of hydrogen-bond donors (Lipinski definition) is 2. The SMILES string of the molecule is CCCn1c(=O)oc2cc(NC(=O)Nc3ccc(Br)cc3)ccc21. The van der Waals surface area contributed by atoms with Crippen LogP contribution >= 0.6 is 15.9 Å². The zero-order chi connectivity index (χ0) is 17.1. The van der Waals surface area contributed by atoms with Crippen LogP contribution in [0.1, 0.15) is 13.3 Å². The summed E-state index contributed by atoms with van der Waals surface area (Å²) in [5.74, 6) is -0.386. The summed E-state index contributed by atoms with van der Waals surface area (Å²) in [5.41, 5.74) is 2.41. The van der Waals surface area contributed by atoms with Crippen LogP contribution in [0.5, 0.6) is 0 Å². The predicted molar refractivity (Wildman–Crippen MR) is 97.5 cm³/mol. The number of carbonyl (C=O) groups is 1. The quantitative estimate of drug-likeness (QED) is 0.693. The monoisotopic (exact) mass is 389 g/mol. The van der Waals surface area contributed by atoms with E-state index in [1.165, 1.54) is 0 Å². The highest BCUT2D eigenvalue weighted by molar-refractivity contribution is 9.10. The van der Waals surface area contributed by atoms with Crippen molar-refractivity contribution < 1.29 is 9.21 Å². The zero-order valence-electron chi connectivity index (χ0n) is 13.0. The van der Waals surface area contributed by atoms with E-state index in [0.717, 1.165) is 16.4 Å². The van der Waals surface area contributed by atoms with Gasteiger partial charge in [0.25, 0.3) is 0 Å². The molecule has 0 saturated carbocycles. The molecule has 6 nitrogen and oxygen atoms in total. The third-order valence-corrected chi connectivity index (χ3v) is 4.00. The number of carbonyl (C=O) groups excluding carboxylic acids is 1. The molecule has 3 rings (SSSR count). The summed E-state index contributed by atoms with van der Waals surface area (Å²) in [7, 11) is 0. The molecule has 0 aliphatic heterocycles. The Morgan fingerprint density at radius 3 is 2.50 bits per heavy atom. The maximum atomic E-state index is 12.0. The largest absolute Gasteiger partial charge is 0.419 e. The molecule has 2 amide bonds. The third-order valence-electron chi connectivity index (χ3n) is 3.48. The number of benzene rings is 2. The summed E-state index contributed by atoms with van der Waals surface area (Å²) in [5, 5.41) is 5.46. The van der Waals surface area contributed by atoms with E-state index in [1.54, 1.807) is 34.9 Å². The standard InChI is InChI=1S/C17H16BrN3O3/c1-2-9-21-14-8-7-13(10-15(14)24-17(21)23)20-16(22)19-12-5-3-11(18)4-6-12/h3-8,10H,2,9H2,1H3,(H2,19,20,22). The van der Waals surface area contributed by atoms with Gasteiger partial charge in [0.05, 0.1) is 5.52 Å². The Hall–Kier alpha value is -2.54. The van der Waals surface area contributed by atoms with Crippen molar-refractivity contribution in [1.82, 2.24) is 4.57 Å². The number of nitrogens with one attached hydrogen (secondary N) is 2. The van der Waals surface area contributed by atoms with Crippen LogP contribution in [0.4, 0.5) is 16.2 Å². The minimum Gasteiger partial charge on any atom is -0.408 e. The summed E-state index contributed by atoms with van der Waals surface area (Å²) in [6, 6.07) is 12.0. The Morgan fingerprint density at radius 1 is 1.12 bits per heavy atom. The topological polar surface area (TPSA) is 76.3 Å². The van der Waals surface area contributed by atoms with Crippen molar-refractivity contribution in [2.24, 2.45) is 0 Å². The fourth-order valence-electron chi connectivity index (χ4n) is 2.41. The van der Waals surface area contributed by atoms with Crippen molar-refractivity contribution >= 4 is 44.4 Å².